The molecule has 0 radical (unpaired) electrons. The summed E-state index contributed by atoms with van der Waals surface area (Å²) in [6, 6.07) is 6.12. The number of nitrogens with zero attached hydrogens (tertiary/aromatic N) is 3. The smallest absolute Gasteiger partial charge is 0.146 e. The fourth-order valence-corrected chi connectivity index (χ4v) is 2.12. The van der Waals surface area contributed by atoms with Crippen LogP contribution in [-0.2, 0) is 5.41 Å². The zero-order valence-corrected chi connectivity index (χ0v) is 10.8. The van der Waals surface area contributed by atoms with E-state index in [1.54, 1.807) is 0 Å². The van der Waals surface area contributed by atoms with Crippen LogP contribution in [0, 0.1) is 11.3 Å². The molecule has 0 bridgehead atoms. The van der Waals surface area contributed by atoms with Crippen molar-refractivity contribution in [3.05, 3.63) is 23.4 Å². The number of anilines is 1. The van der Waals surface area contributed by atoms with Crippen LogP contribution in [0.4, 0.5) is 5.82 Å². The summed E-state index contributed by atoms with van der Waals surface area (Å²) in [7, 11) is 0. The van der Waals surface area contributed by atoms with E-state index in [9.17, 15) is 0 Å². The van der Waals surface area contributed by atoms with E-state index in [-0.39, 0.29) is 5.41 Å². The van der Waals surface area contributed by atoms with Gasteiger partial charge in [0.15, 0.2) is 0 Å². The predicted octanol–water partition coefficient (Wildman–Crippen LogP) is 2.85. The molecule has 1 fully saturated rings. The van der Waals surface area contributed by atoms with Crippen molar-refractivity contribution in [3.63, 3.8) is 0 Å². The maximum atomic E-state index is 9.16. The molecule has 1 aliphatic rings. The highest BCUT2D eigenvalue weighted by molar-refractivity contribution is 5.55. The Morgan fingerprint density at radius 1 is 1.24 bits per heavy atom. The highest BCUT2D eigenvalue weighted by atomic mass is 15.2. The molecule has 1 aromatic heterocycles. The molecule has 0 N–H and O–H groups in total. The lowest BCUT2D eigenvalue weighted by Gasteiger charge is -2.23. The Hall–Kier alpha value is -1.56. The fraction of sp³-hybridized carbons (Fsp3) is 0.571. The zero-order valence-electron chi connectivity index (χ0n) is 10.8. The standard InChI is InChI=1S/C14H19N3/c1-14(2,3)12-7-6-11(10-15)13(16-12)17-8-4-5-9-17/h6-7H,4-5,8-9H2,1-3H3. The molecule has 0 aliphatic carbocycles. The number of rotatable bonds is 1. The average Bonchev–Trinajstić information content (AvgIpc) is 2.80. The summed E-state index contributed by atoms with van der Waals surface area (Å²) in [6.07, 6.45) is 2.40. The van der Waals surface area contributed by atoms with Gasteiger partial charge in [-0.05, 0) is 25.0 Å². The lowest BCUT2D eigenvalue weighted by atomic mass is 9.91. The normalized spacial score (nSPS) is 16.0. The summed E-state index contributed by atoms with van der Waals surface area (Å²) in [4.78, 5) is 6.93. The van der Waals surface area contributed by atoms with Crippen LogP contribution >= 0.6 is 0 Å². The maximum absolute atomic E-state index is 9.16. The highest BCUT2D eigenvalue weighted by Gasteiger charge is 2.21. The third-order valence-corrected chi connectivity index (χ3v) is 3.17. The molecule has 1 saturated heterocycles. The van der Waals surface area contributed by atoms with Gasteiger partial charge in [0.1, 0.15) is 11.9 Å². The molecule has 0 unspecified atom stereocenters. The Morgan fingerprint density at radius 2 is 1.88 bits per heavy atom. The fourth-order valence-electron chi connectivity index (χ4n) is 2.12. The minimum atomic E-state index is 0.0302. The minimum absolute atomic E-state index is 0.0302. The Morgan fingerprint density at radius 3 is 2.41 bits per heavy atom. The number of pyridine rings is 1. The number of hydrogen-bond acceptors (Lipinski definition) is 3. The van der Waals surface area contributed by atoms with Crippen LogP contribution in [-0.4, -0.2) is 18.1 Å². The molecule has 0 atom stereocenters. The first-order chi connectivity index (χ1) is 8.02. The lowest BCUT2D eigenvalue weighted by molar-refractivity contribution is 0.568. The molecule has 0 aromatic carbocycles. The maximum Gasteiger partial charge on any atom is 0.146 e. The number of aromatic nitrogens is 1. The topological polar surface area (TPSA) is 39.9 Å². The predicted molar refractivity (Wildman–Crippen MR) is 69.1 cm³/mol. The van der Waals surface area contributed by atoms with Crippen molar-refractivity contribution in [1.82, 2.24) is 4.98 Å². The van der Waals surface area contributed by atoms with E-state index < -0.39 is 0 Å². The number of hydrogen-bond donors (Lipinski definition) is 0. The quantitative estimate of drug-likeness (QED) is 0.743. The van der Waals surface area contributed by atoms with Crippen LogP contribution in [0.3, 0.4) is 0 Å². The summed E-state index contributed by atoms with van der Waals surface area (Å²) >= 11 is 0. The van der Waals surface area contributed by atoms with Gasteiger partial charge in [-0.1, -0.05) is 20.8 Å². The second kappa shape index (κ2) is 4.37. The Bertz CT molecular complexity index is 446. The van der Waals surface area contributed by atoms with Gasteiger partial charge in [0.25, 0.3) is 0 Å². The first-order valence-corrected chi connectivity index (χ1v) is 6.19. The third-order valence-electron chi connectivity index (χ3n) is 3.17. The summed E-state index contributed by atoms with van der Waals surface area (Å²) < 4.78 is 0. The lowest BCUT2D eigenvalue weighted by Crippen LogP contribution is -2.23. The van der Waals surface area contributed by atoms with Gasteiger partial charge < -0.3 is 4.90 Å². The molecule has 90 valence electrons. The molecular weight excluding hydrogens is 210 g/mol. The second-order valence-corrected chi connectivity index (χ2v) is 5.62. The van der Waals surface area contributed by atoms with Crippen LogP contribution in [0.1, 0.15) is 44.9 Å². The molecule has 2 rings (SSSR count). The molecule has 0 amide bonds. The van der Waals surface area contributed by atoms with Gasteiger partial charge in [-0.15, -0.1) is 0 Å². The van der Waals surface area contributed by atoms with Crippen LogP contribution < -0.4 is 4.90 Å². The van der Waals surface area contributed by atoms with Crippen LogP contribution in [0.5, 0.6) is 0 Å². The molecule has 3 nitrogen and oxygen atoms in total. The monoisotopic (exact) mass is 229 g/mol. The van der Waals surface area contributed by atoms with Crippen molar-refractivity contribution in [3.8, 4) is 6.07 Å². The molecule has 0 saturated carbocycles. The first kappa shape index (κ1) is 11.9. The molecule has 3 heteroatoms. The van der Waals surface area contributed by atoms with E-state index >= 15 is 0 Å². The summed E-state index contributed by atoms with van der Waals surface area (Å²) in [5.74, 6) is 0.873. The Labute approximate surface area is 103 Å². The van der Waals surface area contributed by atoms with Crippen molar-refractivity contribution in [2.24, 2.45) is 0 Å². The van der Waals surface area contributed by atoms with Gasteiger partial charge in [-0.3, -0.25) is 0 Å². The SMILES string of the molecule is CC(C)(C)c1ccc(C#N)c(N2CCCC2)n1. The molecule has 17 heavy (non-hydrogen) atoms. The van der Waals surface area contributed by atoms with Crippen molar-refractivity contribution in [2.75, 3.05) is 18.0 Å². The van der Waals surface area contributed by atoms with Crippen molar-refractivity contribution in [1.29, 1.82) is 5.26 Å². The molecule has 0 spiro atoms. The molecule has 1 aromatic rings. The van der Waals surface area contributed by atoms with Gasteiger partial charge in [0, 0.05) is 24.2 Å². The summed E-state index contributed by atoms with van der Waals surface area (Å²) in [5.41, 5.74) is 1.78. The Kier molecular flexibility index (Phi) is 3.06. The van der Waals surface area contributed by atoms with Gasteiger partial charge in [0.05, 0.1) is 5.56 Å². The number of nitriles is 1. The molecule has 1 aliphatic heterocycles. The molecular formula is C14H19N3. The van der Waals surface area contributed by atoms with E-state index in [0.29, 0.717) is 5.56 Å². The van der Waals surface area contributed by atoms with Gasteiger partial charge in [0.2, 0.25) is 0 Å². The summed E-state index contributed by atoms with van der Waals surface area (Å²) in [5, 5.41) is 9.16. The average molecular weight is 229 g/mol. The molecule has 2 heterocycles. The van der Waals surface area contributed by atoms with Gasteiger partial charge in [-0.25, -0.2) is 4.98 Å². The van der Waals surface area contributed by atoms with Crippen molar-refractivity contribution < 1.29 is 0 Å². The Balaban J connectivity index is 2.43. The van der Waals surface area contributed by atoms with E-state index in [1.165, 1.54) is 12.8 Å². The zero-order chi connectivity index (χ0) is 12.5. The third kappa shape index (κ3) is 2.41. The van der Waals surface area contributed by atoms with Crippen molar-refractivity contribution in [2.45, 2.75) is 39.0 Å². The van der Waals surface area contributed by atoms with Crippen molar-refractivity contribution >= 4 is 5.82 Å². The largest absolute Gasteiger partial charge is 0.356 e. The van der Waals surface area contributed by atoms with E-state index in [4.69, 9.17) is 10.2 Å². The van der Waals surface area contributed by atoms with E-state index in [1.807, 2.05) is 12.1 Å². The van der Waals surface area contributed by atoms with E-state index in [2.05, 4.69) is 31.7 Å². The van der Waals surface area contributed by atoms with E-state index in [0.717, 1.165) is 24.6 Å². The highest BCUT2D eigenvalue weighted by Crippen LogP contribution is 2.27. The minimum Gasteiger partial charge on any atom is -0.356 e. The van der Waals surface area contributed by atoms with Crippen LogP contribution in [0.2, 0.25) is 0 Å². The summed E-state index contributed by atoms with van der Waals surface area (Å²) in [6.45, 7) is 8.49. The second-order valence-electron chi connectivity index (χ2n) is 5.62. The van der Waals surface area contributed by atoms with Crippen LogP contribution in [0.25, 0.3) is 0 Å². The van der Waals surface area contributed by atoms with Crippen LogP contribution in [0.15, 0.2) is 12.1 Å². The van der Waals surface area contributed by atoms with Gasteiger partial charge >= 0.3 is 0 Å². The van der Waals surface area contributed by atoms with Gasteiger partial charge in [-0.2, -0.15) is 5.26 Å². The first-order valence-electron chi connectivity index (χ1n) is 6.19.